The Morgan fingerprint density at radius 1 is 1.50 bits per heavy atom. The van der Waals surface area contributed by atoms with E-state index in [9.17, 15) is 9.18 Å². The Morgan fingerprint density at radius 2 is 2.29 bits per heavy atom. The minimum absolute atomic E-state index is 0.0910. The smallest absolute Gasteiger partial charge is 0.165 e. The van der Waals surface area contributed by atoms with E-state index >= 15 is 0 Å². The van der Waals surface area contributed by atoms with Crippen molar-refractivity contribution in [2.45, 2.75) is 0 Å². The summed E-state index contributed by atoms with van der Waals surface area (Å²) in [7, 11) is 0. The van der Waals surface area contributed by atoms with Crippen molar-refractivity contribution in [3.63, 3.8) is 0 Å². The van der Waals surface area contributed by atoms with Gasteiger partial charge < -0.3 is 4.74 Å². The van der Waals surface area contributed by atoms with Crippen molar-refractivity contribution in [3.05, 3.63) is 34.1 Å². The lowest BCUT2D eigenvalue weighted by Crippen LogP contribution is -2.09. The van der Waals surface area contributed by atoms with Crippen LogP contribution in [0.5, 0.6) is 5.75 Å². The van der Waals surface area contributed by atoms with Crippen molar-refractivity contribution >= 4 is 24.0 Å². The molecule has 1 aromatic carbocycles. The molecule has 1 heterocycles. The summed E-state index contributed by atoms with van der Waals surface area (Å²) in [5.74, 6) is -0.353. The maximum Gasteiger partial charge on any atom is 0.165 e. The number of aldehydes is 1. The summed E-state index contributed by atoms with van der Waals surface area (Å²) in [6.45, 7) is 0.0910. The summed E-state index contributed by atoms with van der Waals surface area (Å²) < 4.78 is 18.3. The Hall–Kier alpha value is -1.35. The van der Waals surface area contributed by atoms with E-state index in [4.69, 9.17) is 16.3 Å². The van der Waals surface area contributed by atoms with E-state index in [2.05, 4.69) is 0 Å². The molecular weight excluding hydrogens is 207 g/mol. The van der Waals surface area contributed by atoms with Crippen molar-refractivity contribution in [3.8, 4) is 5.75 Å². The first-order valence-corrected chi connectivity index (χ1v) is 4.36. The van der Waals surface area contributed by atoms with E-state index in [1.807, 2.05) is 0 Å². The molecule has 0 aromatic heterocycles. The van der Waals surface area contributed by atoms with Crippen LogP contribution in [0.1, 0.15) is 5.56 Å². The van der Waals surface area contributed by atoms with Crippen LogP contribution in [-0.4, -0.2) is 12.9 Å². The minimum atomic E-state index is -0.467. The van der Waals surface area contributed by atoms with Crippen molar-refractivity contribution < 1.29 is 13.9 Å². The molecule has 0 N–H and O–H groups in total. The first-order valence-electron chi connectivity index (χ1n) is 3.99. The van der Waals surface area contributed by atoms with Gasteiger partial charge in [-0.3, -0.25) is 4.79 Å². The highest BCUT2D eigenvalue weighted by atomic mass is 35.5. The van der Waals surface area contributed by atoms with Crippen LogP contribution in [0.2, 0.25) is 5.02 Å². The maximum absolute atomic E-state index is 13.2. The first kappa shape index (κ1) is 9.21. The fourth-order valence-corrected chi connectivity index (χ4v) is 1.48. The first-order chi connectivity index (χ1) is 6.72. The van der Waals surface area contributed by atoms with Crippen LogP contribution in [-0.2, 0) is 4.79 Å². The standard InChI is InChI=1S/C10H6ClFO2/c11-8-1-2-9(12)10-7(8)3-6(4-13)5-14-10/h1-4H,5H2. The predicted octanol–water partition coefficient (Wildman–Crippen LogP) is 2.45. The van der Waals surface area contributed by atoms with Crippen molar-refractivity contribution in [1.29, 1.82) is 0 Å². The van der Waals surface area contributed by atoms with E-state index in [0.717, 1.165) is 0 Å². The second-order valence-corrected chi connectivity index (χ2v) is 3.30. The number of rotatable bonds is 1. The number of carbonyl (C=O) groups excluding carboxylic acids is 1. The molecule has 72 valence electrons. The maximum atomic E-state index is 13.2. The van der Waals surface area contributed by atoms with Gasteiger partial charge in [0.1, 0.15) is 12.9 Å². The Labute approximate surface area is 84.9 Å². The molecule has 1 aliphatic rings. The summed E-state index contributed by atoms with van der Waals surface area (Å²) >= 11 is 5.83. The van der Waals surface area contributed by atoms with Gasteiger partial charge in [-0.05, 0) is 18.2 Å². The van der Waals surface area contributed by atoms with Gasteiger partial charge in [-0.2, -0.15) is 0 Å². The average Bonchev–Trinajstić information content (AvgIpc) is 2.23. The number of halogens is 2. The molecule has 0 unspecified atom stereocenters. The number of fused-ring (bicyclic) bond motifs is 1. The highest BCUT2D eigenvalue weighted by Crippen LogP contribution is 2.34. The van der Waals surface area contributed by atoms with E-state index in [-0.39, 0.29) is 12.4 Å². The molecule has 0 saturated heterocycles. The Kier molecular flexibility index (Phi) is 2.25. The number of benzene rings is 1. The number of hydrogen-bond donors (Lipinski definition) is 0. The quantitative estimate of drug-likeness (QED) is 0.669. The number of carbonyl (C=O) groups is 1. The van der Waals surface area contributed by atoms with E-state index < -0.39 is 5.82 Å². The van der Waals surface area contributed by atoms with Crippen molar-refractivity contribution in [2.24, 2.45) is 0 Å². The molecule has 14 heavy (non-hydrogen) atoms. The summed E-state index contributed by atoms with van der Waals surface area (Å²) in [4.78, 5) is 10.5. The van der Waals surface area contributed by atoms with Gasteiger partial charge in [0.2, 0.25) is 0 Å². The van der Waals surface area contributed by atoms with Gasteiger partial charge in [0.25, 0.3) is 0 Å². The van der Waals surface area contributed by atoms with Crippen LogP contribution in [0.25, 0.3) is 6.08 Å². The lowest BCUT2D eigenvalue weighted by molar-refractivity contribution is -0.105. The lowest BCUT2D eigenvalue weighted by Gasteiger charge is -2.16. The third-order valence-electron chi connectivity index (χ3n) is 1.96. The SMILES string of the molecule is O=CC1=Cc2c(Cl)ccc(F)c2OC1. The molecule has 1 aliphatic heterocycles. The summed E-state index contributed by atoms with van der Waals surface area (Å²) in [5.41, 5.74) is 0.880. The second kappa shape index (κ2) is 3.42. The average molecular weight is 213 g/mol. The normalized spacial score (nSPS) is 14.0. The van der Waals surface area contributed by atoms with Gasteiger partial charge in [-0.1, -0.05) is 11.6 Å². The molecule has 0 amide bonds. The molecule has 0 fully saturated rings. The summed E-state index contributed by atoms with van der Waals surface area (Å²) in [6.07, 6.45) is 2.21. The Morgan fingerprint density at radius 3 is 3.00 bits per heavy atom. The van der Waals surface area contributed by atoms with E-state index in [0.29, 0.717) is 22.4 Å². The highest BCUT2D eigenvalue weighted by molar-refractivity contribution is 6.32. The zero-order chi connectivity index (χ0) is 10.1. The summed E-state index contributed by atoms with van der Waals surface area (Å²) in [5, 5.41) is 0.375. The Balaban J connectivity index is 2.62. The van der Waals surface area contributed by atoms with Gasteiger partial charge in [0, 0.05) is 11.1 Å². The molecule has 2 nitrogen and oxygen atoms in total. The number of hydrogen-bond acceptors (Lipinski definition) is 2. The van der Waals surface area contributed by atoms with Gasteiger partial charge in [0.15, 0.2) is 11.6 Å². The molecule has 4 heteroatoms. The topological polar surface area (TPSA) is 26.3 Å². The number of ether oxygens (including phenoxy) is 1. The minimum Gasteiger partial charge on any atom is -0.485 e. The third-order valence-corrected chi connectivity index (χ3v) is 2.29. The van der Waals surface area contributed by atoms with Gasteiger partial charge >= 0.3 is 0 Å². The highest BCUT2D eigenvalue weighted by Gasteiger charge is 2.17. The molecule has 0 radical (unpaired) electrons. The molecule has 0 spiro atoms. The fourth-order valence-electron chi connectivity index (χ4n) is 1.28. The van der Waals surface area contributed by atoms with E-state index in [1.165, 1.54) is 18.2 Å². The van der Waals surface area contributed by atoms with Crippen molar-refractivity contribution in [2.75, 3.05) is 6.61 Å². The largest absolute Gasteiger partial charge is 0.485 e. The molecule has 0 aliphatic carbocycles. The van der Waals surface area contributed by atoms with Crippen molar-refractivity contribution in [1.82, 2.24) is 0 Å². The zero-order valence-electron chi connectivity index (χ0n) is 7.09. The molecule has 0 atom stereocenters. The second-order valence-electron chi connectivity index (χ2n) is 2.90. The fraction of sp³-hybridized carbons (Fsp3) is 0.100. The van der Waals surface area contributed by atoms with Gasteiger partial charge in [0.05, 0.1) is 5.02 Å². The Bertz CT molecular complexity index is 426. The molecule has 1 aromatic rings. The van der Waals surface area contributed by atoms with Gasteiger partial charge in [-0.15, -0.1) is 0 Å². The molecular formula is C10H6ClFO2. The monoisotopic (exact) mass is 212 g/mol. The predicted molar refractivity (Wildman–Crippen MR) is 50.9 cm³/mol. The van der Waals surface area contributed by atoms with Crippen LogP contribution < -0.4 is 4.74 Å². The lowest BCUT2D eigenvalue weighted by atomic mass is 10.1. The van der Waals surface area contributed by atoms with E-state index in [1.54, 1.807) is 0 Å². The van der Waals surface area contributed by atoms with Crippen LogP contribution >= 0.6 is 11.6 Å². The van der Waals surface area contributed by atoms with Crippen LogP contribution in [0, 0.1) is 5.82 Å². The molecule has 0 saturated carbocycles. The van der Waals surface area contributed by atoms with Gasteiger partial charge in [-0.25, -0.2) is 4.39 Å². The van der Waals surface area contributed by atoms with Crippen LogP contribution in [0.15, 0.2) is 17.7 Å². The zero-order valence-corrected chi connectivity index (χ0v) is 7.84. The summed E-state index contributed by atoms with van der Waals surface area (Å²) in [6, 6.07) is 2.67. The molecule has 2 rings (SSSR count). The molecule has 0 bridgehead atoms. The third kappa shape index (κ3) is 1.40. The van der Waals surface area contributed by atoms with Crippen LogP contribution in [0.3, 0.4) is 0 Å². The van der Waals surface area contributed by atoms with Crippen LogP contribution in [0.4, 0.5) is 4.39 Å².